The maximum atomic E-state index is 13.2. The number of rotatable bonds is 5. The molecule has 0 aromatic heterocycles. The molecule has 0 bridgehead atoms. The highest BCUT2D eigenvalue weighted by Gasteiger charge is 2.30. The van der Waals surface area contributed by atoms with E-state index in [2.05, 4.69) is 0 Å². The van der Waals surface area contributed by atoms with Crippen molar-refractivity contribution >= 4 is 0 Å². The molecule has 1 aromatic rings. The highest BCUT2D eigenvalue weighted by atomic mass is 19.1. The van der Waals surface area contributed by atoms with E-state index in [9.17, 15) is 14.6 Å². The summed E-state index contributed by atoms with van der Waals surface area (Å²) in [5, 5.41) is 18.7. The van der Waals surface area contributed by atoms with Crippen molar-refractivity contribution in [1.82, 2.24) is 4.90 Å². The van der Waals surface area contributed by atoms with Crippen LogP contribution in [0.25, 0.3) is 0 Å². The number of alkyl halides is 1. The lowest BCUT2D eigenvalue weighted by atomic mass is 10.1. The summed E-state index contributed by atoms with van der Waals surface area (Å²) in [4.78, 5) is 1.87. The Morgan fingerprint density at radius 2 is 2.21 bits per heavy atom. The molecule has 1 aromatic carbocycles. The number of aliphatic hydroxyl groups excluding tert-OH is 2. The molecule has 2 rings (SSSR count). The zero-order valence-corrected chi connectivity index (χ0v) is 11.1. The van der Waals surface area contributed by atoms with Crippen molar-refractivity contribution in [2.75, 3.05) is 19.7 Å². The third-order valence-electron chi connectivity index (χ3n) is 3.30. The lowest BCUT2D eigenvalue weighted by molar-refractivity contribution is 0.115. The fraction of sp³-hybridized carbons (Fsp3) is 0.571. The lowest BCUT2D eigenvalue weighted by Gasteiger charge is -2.16. The van der Waals surface area contributed by atoms with Gasteiger partial charge in [-0.1, -0.05) is 6.07 Å². The molecule has 1 saturated heterocycles. The van der Waals surface area contributed by atoms with Crippen molar-refractivity contribution in [1.29, 1.82) is 0 Å². The van der Waals surface area contributed by atoms with Crippen molar-refractivity contribution in [2.24, 2.45) is 0 Å². The molecular weight excluding hydrogens is 249 g/mol. The second kappa shape index (κ2) is 6.32. The molecule has 4 nitrogen and oxygen atoms in total. The van der Waals surface area contributed by atoms with Crippen molar-refractivity contribution < 1.29 is 19.3 Å². The third-order valence-corrected chi connectivity index (χ3v) is 3.30. The minimum atomic E-state index is -1.17. The number of hydrogen-bond donors (Lipinski definition) is 2. The zero-order chi connectivity index (χ0) is 13.8. The molecule has 0 unspecified atom stereocenters. The molecule has 0 aliphatic carbocycles. The normalized spacial score (nSPS) is 23.8. The maximum Gasteiger partial charge on any atom is 0.140 e. The van der Waals surface area contributed by atoms with Gasteiger partial charge in [-0.25, -0.2) is 4.39 Å². The van der Waals surface area contributed by atoms with E-state index < -0.39 is 12.3 Å². The minimum Gasteiger partial charge on any atom is -0.494 e. The molecule has 2 N–H and O–H groups in total. The van der Waals surface area contributed by atoms with Crippen LogP contribution in [0.15, 0.2) is 18.2 Å². The zero-order valence-electron chi connectivity index (χ0n) is 11.1. The van der Waals surface area contributed by atoms with Gasteiger partial charge in [-0.15, -0.1) is 0 Å². The van der Waals surface area contributed by atoms with E-state index in [1.165, 1.54) is 0 Å². The van der Waals surface area contributed by atoms with Crippen LogP contribution in [0.1, 0.15) is 18.1 Å². The number of halogens is 1. The van der Waals surface area contributed by atoms with Gasteiger partial charge in [0.25, 0.3) is 0 Å². The van der Waals surface area contributed by atoms with Gasteiger partial charge < -0.3 is 14.9 Å². The Labute approximate surface area is 112 Å². The smallest absolute Gasteiger partial charge is 0.140 e. The standard InChI is InChI=1S/C14H20FNO3/c1-2-19-14-4-3-10(5-11(14)9-17)6-16-7-12(15)13(18)8-16/h3-5,12-13,17-18H,2,6-9H2,1H3/t12-,13-/m1/s1. The molecule has 1 aliphatic heterocycles. The summed E-state index contributed by atoms with van der Waals surface area (Å²) >= 11 is 0. The number of nitrogens with zero attached hydrogens (tertiary/aromatic N) is 1. The summed E-state index contributed by atoms with van der Waals surface area (Å²) in [5.41, 5.74) is 1.71. The maximum absolute atomic E-state index is 13.2. The Kier molecular flexibility index (Phi) is 4.74. The summed E-state index contributed by atoms with van der Waals surface area (Å²) in [6.07, 6.45) is -2.06. The summed E-state index contributed by atoms with van der Waals surface area (Å²) in [5.74, 6) is 0.679. The van der Waals surface area contributed by atoms with Crippen LogP contribution in [-0.2, 0) is 13.2 Å². The predicted octanol–water partition coefficient (Wildman–Crippen LogP) is 1.09. The van der Waals surface area contributed by atoms with E-state index >= 15 is 0 Å². The Morgan fingerprint density at radius 1 is 1.42 bits per heavy atom. The number of likely N-dealkylation sites (tertiary alicyclic amines) is 1. The Hall–Kier alpha value is -1.17. The van der Waals surface area contributed by atoms with Gasteiger partial charge >= 0.3 is 0 Å². The first kappa shape index (κ1) is 14.2. The Morgan fingerprint density at radius 3 is 2.79 bits per heavy atom. The van der Waals surface area contributed by atoms with Crippen LogP contribution < -0.4 is 4.74 Å². The van der Waals surface area contributed by atoms with Crippen molar-refractivity contribution in [3.8, 4) is 5.75 Å². The largest absolute Gasteiger partial charge is 0.494 e. The molecule has 0 saturated carbocycles. The van der Waals surface area contributed by atoms with Gasteiger partial charge in [0.15, 0.2) is 0 Å². The van der Waals surface area contributed by atoms with Crippen molar-refractivity contribution in [3.05, 3.63) is 29.3 Å². The van der Waals surface area contributed by atoms with Crippen LogP contribution in [0.4, 0.5) is 4.39 Å². The fourth-order valence-corrected chi connectivity index (χ4v) is 2.36. The second-order valence-electron chi connectivity index (χ2n) is 4.81. The molecule has 2 atom stereocenters. The van der Waals surface area contributed by atoms with E-state index in [-0.39, 0.29) is 13.2 Å². The summed E-state index contributed by atoms with van der Waals surface area (Å²) < 4.78 is 18.6. The Bertz CT molecular complexity index is 417. The van der Waals surface area contributed by atoms with Gasteiger partial charge in [0.1, 0.15) is 11.9 Å². The molecule has 1 fully saturated rings. The van der Waals surface area contributed by atoms with Crippen molar-refractivity contribution in [3.63, 3.8) is 0 Å². The van der Waals surface area contributed by atoms with Gasteiger partial charge in [0, 0.05) is 25.2 Å². The van der Waals surface area contributed by atoms with Crippen LogP contribution in [0, 0.1) is 0 Å². The van der Waals surface area contributed by atoms with E-state index in [4.69, 9.17) is 4.74 Å². The quantitative estimate of drug-likeness (QED) is 0.840. The molecule has 1 aliphatic rings. The van der Waals surface area contributed by atoms with E-state index in [1.807, 2.05) is 30.0 Å². The van der Waals surface area contributed by atoms with Gasteiger partial charge in [-0.05, 0) is 24.6 Å². The molecule has 0 amide bonds. The first-order chi connectivity index (χ1) is 9.13. The highest BCUT2D eigenvalue weighted by molar-refractivity contribution is 5.37. The van der Waals surface area contributed by atoms with Gasteiger partial charge in [0.2, 0.25) is 0 Å². The number of ether oxygens (including phenoxy) is 1. The summed E-state index contributed by atoms with van der Waals surface area (Å²) in [6, 6.07) is 5.59. The topological polar surface area (TPSA) is 52.9 Å². The molecule has 1 heterocycles. The first-order valence-corrected chi connectivity index (χ1v) is 6.54. The van der Waals surface area contributed by atoms with E-state index in [0.29, 0.717) is 25.4 Å². The van der Waals surface area contributed by atoms with Crippen LogP contribution >= 0.6 is 0 Å². The average molecular weight is 269 g/mol. The second-order valence-corrected chi connectivity index (χ2v) is 4.81. The SMILES string of the molecule is CCOc1ccc(CN2C[C@@H](O)[C@H](F)C2)cc1CO. The molecular formula is C14H20FNO3. The van der Waals surface area contributed by atoms with Crippen LogP contribution in [0.3, 0.4) is 0 Å². The van der Waals surface area contributed by atoms with Gasteiger partial charge in [0.05, 0.1) is 19.3 Å². The molecule has 106 valence electrons. The third kappa shape index (κ3) is 3.43. The molecule has 0 radical (unpaired) electrons. The average Bonchev–Trinajstić information content (AvgIpc) is 2.70. The van der Waals surface area contributed by atoms with Crippen LogP contribution in [0.5, 0.6) is 5.75 Å². The van der Waals surface area contributed by atoms with Crippen molar-refractivity contribution in [2.45, 2.75) is 32.4 Å². The van der Waals surface area contributed by atoms with Gasteiger partial charge in [-0.2, -0.15) is 0 Å². The van der Waals surface area contributed by atoms with Crippen LogP contribution in [-0.4, -0.2) is 47.1 Å². The number of benzene rings is 1. The summed E-state index contributed by atoms with van der Waals surface area (Å²) in [6.45, 7) is 3.52. The number of hydrogen-bond acceptors (Lipinski definition) is 4. The highest BCUT2D eigenvalue weighted by Crippen LogP contribution is 2.23. The molecule has 0 spiro atoms. The fourth-order valence-electron chi connectivity index (χ4n) is 2.36. The van der Waals surface area contributed by atoms with E-state index in [1.54, 1.807) is 0 Å². The summed E-state index contributed by atoms with van der Waals surface area (Å²) in [7, 11) is 0. The monoisotopic (exact) mass is 269 g/mol. The van der Waals surface area contributed by atoms with Crippen LogP contribution in [0.2, 0.25) is 0 Å². The van der Waals surface area contributed by atoms with Gasteiger partial charge in [-0.3, -0.25) is 4.90 Å². The Balaban J connectivity index is 2.05. The number of aliphatic hydroxyl groups is 2. The first-order valence-electron chi connectivity index (χ1n) is 6.54. The molecule has 5 heteroatoms. The number of β-amino-alcohol motifs (C(OH)–C–C–N with tert-alkyl or cyclic N) is 1. The van der Waals surface area contributed by atoms with E-state index in [0.717, 1.165) is 11.1 Å². The predicted molar refractivity (Wildman–Crippen MR) is 69.7 cm³/mol. The lowest BCUT2D eigenvalue weighted by Crippen LogP contribution is -2.21. The minimum absolute atomic E-state index is 0.0858. The molecule has 19 heavy (non-hydrogen) atoms.